The molecule has 3 heteroatoms. The van der Waals surface area contributed by atoms with Crippen molar-refractivity contribution >= 4 is 22.4 Å². The summed E-state index contributed by atoms with van der Waals surface area (Å²) < 4.78 is 13.5. The van der Waals surface area contributed by atoms with Gasteiger partial charge in [-0.1, -0.05) is 66.2 Å². The Bertz CT molecular complexity index is 785. The van der Waals surface area contributed by atoms with E-state index in [0.29, 0.717) is 12.0 Å². The Labute approximate surface area is 128 Å². The molecule has 0 aliphatic carbocycles. The summed E-state index contributed by atoms with van der Waals surface area (Å²) in [6, 6.07) is 18.8. The lowest BCUT2D eigenvalue weighted by molar-refractivity contribution is 0.619. The second-order valence-corrected chi connectivity index (χ2v) is 5.51. The molecule has 0 spiro atoms. The van der Waals surface area contributed by atoms with Crippen molar-refractivity contribution in [3.63, 3.8) is 0 Å². The van der Waals surface area contributed by atoms with Crippen molar-refractivity contribution in [2.75, 3.05) is 0 Å². The molecule has 106 valence electrons. The maximum atomic E-state index is 13.5. The van der Waals surface area contributed by atoms with Crippen LogP contribution in [0.25, 0.3) is 10.8 Å². The Hall–Kier alpha value is -1.90. The molecule has 1 unspecified atom stereocenters. The Morgan fingerprint density at radius 3 is 2.52 bits per heavy atom. The van der Waals surface area contributed by atoms with E-state index in [9.17, 15) is 4.39 Å². The molecule has 0 saturated carbocycles. The molecule has 0 bridgehead atoms. The fourth-order valence-corrected chi connectivity index (χ4v) is 2.80. The number of hydrogen-bond acceptors (Lipinski definition) is 1. The van der Waals surface area contributed by atoms with Crippen LogP contribution >= 0.6 is 11.6 Å². The fraction of sp³-hybridized carbons (Fsp3) is 0.111. The van der Waals surface area contributed by atoms with Crippen LogP contribution in [0.15, 0.2) is 60.7 Å². The smallest absolute Gasteiger partial charge is 0.142 e. The van der Waals surface area contributed by atoms with Crippen molar-refractivity contribution in [2.24, 2.45) is 5.73 Å². The van der Waals surface area contributed by atoms with E-state index in [0.717, 1.165) is 5.56 Å². The Morgan fingerprint density at radius 2 is 1.71 bits per heavy atom. The van der Waals surface area contributed by atoms with Crippen molar-refractivity contribution in [1.82, 2.24) is 0 Å². The van der Waals surface area contributed by atoms with E-state index in [1.807, 2.05) is 12.1 Å². The van der Waals surface area contributed by atoms with Gasteiger partial charge >= 0.3 is 0 Å². The van der Waals surface area contributed by atoms with E-state index in [-0.39, 0.29) is 11.1 Å². The lowest BCUT2D eigenvalue weighted by atomic mass is 9.97. The minimum Gasteiger partial charge on any atom is -0.324 e. The number of nitrogens with two attached hydrogens (primary N) is 1. The third-order valence-electron chi connectivity index (χ3n) is 3.65. The summed E-state index contributed by atoms with van der Waals surface area (Å²) in [5.74, 6) is -0.428. The molecule has 0 aliphatic rings. The summed E-state index contributed by atoms with van der Waals surface area (Å²) in [5, 5.41) is 2.48. The SMILES string of the molecule is NC(Cc1ccc2ccccc2c1)c1cccc(F)c1Cl. The highest BCUT2D eigenvalue weighted by Gasteiger charge is 2.13. The maximum Gasteiger partial charge on any atom is 0.142 e. The molecule has 1 nitrogen and oxygen atoms in total. The maximum absolute atomic E-state index is 13.5. The van der Waals surface area contributed by atoms with Gasteiger partial charge < -0.3 is 5.73 Å². The lowest BCUT2D eigenvalue weighted by Crippen LogP contribution is -2.14. The summed E-state index contributed by atoms with van der Waals surface area (Å²) in [7, 11) is 0. The van der Waals surface area contributed by atoms with E-state index in [1.54, 1.807) is 12.1 Å². The zero-order valence-electron chi connectivity index (χ0n) is 11.4. The van der Waals surface area contributed by atoms with Crippen LogP contribution in [0.5, 0.6) is 0 Å². The molecule has 0 aromatic heterocycles. The summed E-state index contributed by atoms with van der Waals surface area (Å²) in [6.45, 7) is 0. The molecule has 1 atom stereocenters. The minimum atomic E-state index is -0.428. The van der Waals surface area contributed by atoms with Gasteiger partial charge in [0.15, 0.2) is 0 Å². The van der Waals surface area contributed by atoms with Crippen molar-refractivity contribution < 1.29 is 4.39 Å². The van der Waals surface area contributed by atoms with Gasteiger partial charge in [0.05, 0.1) is 5.02 Å². The largest absolute Gasteiger partial charge is 0.324 e. The van der Waals surface area contributed by atoms with Crippen molar-refractivity contribution in [3.8, 4) is 0 Å². The Balaban J connectivity index is 1.89. The second-order valence-electron chi connectivity index (χ2n) is 5.14. The van der Waals surface area contributed by atoms with Gasteiger partial charge in [0, 0.05) is 6.04 Å². The molecule has 3 aromatic rings. The van der Waals surface area contributed by atoms with Crippen LogP contribution < -0.4 is 5.73 Å². The summed E-state index contributed by atoms with van der Waals surface area (Å²) in [6.07, 6.45) is 0.619. The second kappa shape index (κ2) is 5.84. The third kappa shape index (κ3) is 2.92. The van der Waals surface area contributed by atoms with Gasteiger partial charge in [0.25, 0.3) is 0 Å². The Morgan fingerprint density at radius 1 is 0.952 bits per heavy atom. The lowest BCUT2D eigenvalue weighted by Gasteiger charge is -2.14. The number of rotatable bonds is 3. The Kier molecular flexibility index (Phi) is 3.91. The van der Waals surface area contributed by atoms with E-state index in [1.165, 1.54) is 16.8 Å². The van der Waals surface area contributed by atoms with Crippen LogP contribution in [0.1, 0.15) is 17.2 Å². The van der Waals surface area contributed by atoms with Gasteiger partial charge in [-0.05, 0) is 34.4 Å². The zero-order chi connectivity index (χ0) is 14.8. The van der Waals surface area contributed by atoms with Crippen LogP contribution in [0.4, 0.5) is 4.39 Å². The van der Waals surface area contributed by atoms with Crippen LogP contribution in [0.2, 0.25) is 5.02 Å². The predicted octanol–water partition coefficient (Wildman–Crippen LogP) is 4.87. The first kappa shape index (κ1) is 14.1. The van der Waals surface area contributed by atoms with Gasteiger partial charge in [0.1, 0.15) is 5.82 Å². The standard InChI is InChI=1S/C18H15ClFN/c19-18-15(6-3-7-16(18)20)17(21)11-12-8-9-13-4-1-2-5-14(13)10-12/h1-10,17H,11,21H2. The molecule has 2 N–H and O–H groups in total. The summed E-state index contributed by atoms with van der Waals surface area (Å²) >= 11 is 5.99. The average molecular weight is 300 g/mol. The van der Waals surface area contributed by atoms with Gasteiger partial charge in [-0.2, -0.15) is 0 Å². The first-order chi connectivity index (χ1) is 10.1. The van der Waals surface area contributed by atoms with Crippen LogP contribution in [-0.4, -0.2) is 0 Å². The molecule has 0 radical (unpaired) electrons. The average Bonchev–Trinajstić information content (AvgIpc) is 2.50. The molecule has 0 amide bonds. The highest BCUT2D eigenvalue weighted by atomic mass is 35.5. The predicted molar refractivity (Wildman–Crippen MR) is 86.0 cm³/mol. The van der Waals surface area contributed by atoms with E-state index in [2.05, 4.69) is 30.3 Å². The number of hydrogen-bond donors (Lipinski definition) is 1. The molecule has 21 heavy (non-hydrogen) atoms. The van der Waals surface area contributed by atoms with Crippen molar-refractivity contribution in [1.29, 1.82) is 0 Å². The highest BCUT2D eigenvalue weighted by molar-refractivity contribution is 6.31. The fourth-order valence-electron chi connectivity index (χ4n) is 2.54. The molecule has 0 saturated heterocycles. The molecular weight excluding hydrogens is 285 g/mol. The van der Waals surface area contributed by atoms with Gasteiger partial charge in [-0.3, -0.25) is 0 Å². The number of benzene rings is 3. The third-order valence-corrected chi connectivity index (χ3v) is 4.05. The van der Waals surface area contributed by atoms with E-state index >= 15 is 0 Å². The molecule has 0 aliphatic heterocycles. The highest BCUT2D eigenvalue weighted by Crippen LogP contribution is 2.27. The monoisotopic (exact) mass is 299 g/mol. The summed E-state index contributed by atoms with van der Waals surface area (Å²) in [5.41, 5.74) is 7.95. The molecule has 0 heterocycles. The minimum absolute atomic E-state index is 0.116. The van der Waals surface area contributed by atoms with Crippen LogP contribution in [0, 0.1) is 5.82 Å². The first-order valence-corrected chi connectivity index (χ1v) is 7.20. The number of halogens is 2. The van der Waals surface area contributed by atoms with Crippen LogP contribution in [-0.2, 0) is 6.42 Å². The van der Waals surface area contributed by atoms with E-state index < -0.39 is 5.82 Å². The van der Waals surface area contributed by atoms with Crippen molar-refractivity contribution in [3.05, 3.63) is 82.6 Å². The quantitative estimate of drug-likeness (QED) is 0.733. The zero-order valence-corrected chi connectivity index (χ0v) is 12.1. The van der Waals surface area contributed by atoms with Gasteiger partial charge in [-0.15, -0.1) is 0 Å². The van der Waals surface area contributed by atoms with Crippen LogP contribution in [0.3, 0.4) is 0 Å². The van der Waals surface area contributed by atoms with Gasteiger partial charge in [-0.25, -0.2) is 4.39 Å². The molecular formula is C18H15ClFN. The first-order valence-electron chi connectivity index (χ1n) is 6.82. The van der Waals surface area contributed by atoms with Crippen molar-refractivity contribution in [2.45, 2.75) is 12.5 Å². The molecule has 3 aromatic carbocycles. The topological polar surface area (TPSA) is 26.0 Å². The number of fused-ring (bicyclic) bond motifs is 1. The normalized spacial score (nSPS) is 12.5. The van der Waals surface area contributed by atoms with Gasteiger partial charge in [0.2, 0.25) is 0 Å². The van der Waals surface area contributed by atoms with E-state index in [4.69, 9.17) is 17.3 Å². The summed E-state index contributed by atoms with van der Waals surface area (Å²) in [4.78, 5) is 0. The molecule has 0 fully saturated rings. The molecule has 3 rings (SSSR count).